The first-order chi connectivity index (χ1) is 11.7. The summed E-state index contributed by atoms with van der Waals surface area (Å²) < 4.78 is 11.0. The minimum absolute atomic E-state index is 0.231. The van der Waals surface area contributed by atoms with E-state index in [2.05, 4.69) is 26.9 Å². The van der Waals surface area contributed by atoms with Crippen molar-refractivity contribution < 1.29 is 9.26 Å². The van der Waals surface area contributed by atoms with E-state index in [1.54, 1.807) is 7.11 Å². The Morgan fingerprint density at radius 3 is 2.88 bits per heavy atom. The van der Waals surface area contributed by atoms with Crippen molar-refractivity contribution in [2.24, 2.45) is 0 Å². The van der Waals surface area contributed by atoms with Gasteiger partial charge in [0.15, 0.2) is 5.82 Å². The number of hydrogen-bond donors (Lipinski definition) is 0. The smallest absolute Gasteiger partial charge is 0.229 e. The van der Waals surface area contributed by atoms with Crippen molar-refractivity contribution in [3.8, 4) is 5.75 Å². The number of rotatable bonds is 5. The summed E-state index contributed by atoms with van der Waals surface area (Å²) in [5.74, 6) is 3.10. The summed E-state index contributed by atoms with van der Waals surface area (Å²) in [4.78, 5) is 11.7. The lowest BCUT2D eigenvalue weighted by Gasteiger charge is -2.23. The van der Waals surface area contributed by atoms with Gasteiger partial charge < -0.3 is 9.26 Å². The fourth-order valence-electron chi connectivity index (χ4n) is 3.61. The third-order valence-corrected chi connectivity index (χ3v) is 5.15. The number of likely N-dealkylation sites (tertiary alicyclic amines) is 1. The highest BCUT2D eigenvalue weighted by Gasteiger charge is 2.34. The standard InChI is InChI=1S/C18H24N4O2/c1-11-9-19-14(12(2)16(11)23-3)10-22-8-4-5-15(22)17-20-18(24-21-17)13-6-7-13/h9,13,15H,4-8,10H2,1-3H3/t15-/m1/s1. The summed E-state index contributed by atoms with van der Waals surface area (Å²) >= 11 is 0. The Morgan fingerprint density at radius 1 is 1.29 bits per heavy atom. The van der Waals surface area contributed by atoms with Crippen LogP contribution in [0.4, 0.5) is 0 Å². The second-order valence-corrected chi connectivity index (χ2v) is 6.94. The average Bonchev–Trinajstić information content (AvgIpc) is 3.13. The van der Waals surface area contributed by atoms with Crippen LogP contribution in [0.3, 0.4) is 0 Å². The van der Waals surface area contributed by atoms with E-state index in [0.717, 1.165) is 60.2 Å². The molecule has 128 valence electrons. The molecule has 0 aromatic carbocycles. The topological polar surface area (TPSA) is 64.3 Å². The molecule has 1 aliphatic heterocycles. The van der Waals surface area contributed by atoms with Crippen LogP contribution in [0.1, 0.15) is 66.2 Å². The van der Waals surface area contributed by atoms with Gasteiger partial charge in [0.1, 0.15) is 5.75 Å². The van der Waals surface area contributed by atoms with Gasteiger partial charge >= 0.3 is 0 Å². The second-order valence-electron chi connectivity index (χ2n) is 6.94. The Labute approximate surface area is 142 Å². The quantitative estimate of drug-likeness (QED) is 0.839. The van der Waals surface area contributed by atoms with E-state index in [1.165, 1.54) is 12.8 Å². The number of aryl methyl sites for hydroxylation is 1. The summed E-state index contributed by atoms with van der Waals surface area (Å²) in [6.45, 7) is 5.94. The molecule has 1 saturated heterocycles. The van der Waals surface area contributed by atoms with E-state index < -0.39 is 0 Å². The van der Waals surface area contributed by atoms with Gasteiger partial charge in [-0.1, -0.05) is 5.16 Å². The van der Waals surface area contributed by atoms with Crippen molar-refractivity contribution in [3.63, 3.8) is 0 Å². The van der Waals surface area contributed by atoms with Crippen molar-refractivity contribution in [1.82, 2.24) is 20.0 Å². The first-order valence-corrected chi connectivity index (χ1v) is 8.74. The SMILES string of the molecule is COc1c(C)cnc(CN2CCC[C@@H]2c2noc(C3CC3)n2)c1C. The molecule has 2 fully saturated rings. The molecule has 0 unspecified atom stereocenters. The molecule has 2 aromatic rings. The van der Waals surface area contributed by atoms with Crippen molar-refractivity contribution in [2.45, 2.75) is 58.0 Å². The second kappa shape index (κ2) is 6.16. The average molecular weight is 328 g/mol. The number of nitrogens with zero attached hydrogens (tertiary/aromatic N) is 4. The first-order valence-electron chi connectivity index (χ1n) is 8.74. The molecule has 1 saturated carbocycles. The molecule has 0 radical (unpaired) electrons. The van der Waals surface area contributed by atoms with Crippen molar-refractivity contribution in [2.75, 3.05) is 13.7 Å². The maximum absolute atomic E-state index is 5.53. The molecule has 24 heavy (non-hydrogen) atoms. The van der Waals surface area contributed by atoms with Gasteiger partial charge in [-0.05, 0) is 46.1 Å². The van der Waals surface area contributed by atoms with Gasteiger partial charge in [-0.25, -0.2) is 0 Å². The summed E-state index contributed by atoms with van der Waals surface area (Å²) in [6.07, 6.45) is 6.49. The predicted molar refractivity (Wildman–Crippen MR) is 88.9 cm³/mol. The van der Waals surface area contributed by atoms with Crippen LogP contribution in [0, 0.1) is 13.8 Å². The van der Waals surface area contributed by atoms with Crippen molar-refractivity contribution >= 4 is 0 Å². The van der Waals surface area contributed by atoms with E-state index in [4.69, 9.17) is 9.26 Å². The Balaban J connectivity index is 1.54. The van der Waals surface area contributed by atoms with Crippen LogP contribution in [0.5, 0.6) is 5.75 Å². The van der Waals surface area contributed by atoms with E-state index in [1.807, 2.05) is 13.1 Å². The molecule has 2 aromatic heterocycles. The highest BCUT2D eigenvalue weighted by Crippen LogP contribution is 2.40. The van der Waals surface area contributed by atoms with Crippen molar-refractivity contribution in [3.05, 3.63) is 34.7 Å². The van der Waals surface area contributed by atoms with Gasteiger partial charge in [-0.15, -0.1) is 0 Å². The number of pyridine rings is 1. The molecule has 1 aliphatic carbocycles. The van der Waals surface area contributed by atoms with Crippen LogP contribution < -0.4 is 4.74 Å². The van der Waals surface area contributed by atoms with Crippen LogP contribution in [0.15, 0.2) is 10.7 Å². The molecule has 3 heterocycles. The van der Waals surface area contributed by atoms with Gasteiger partial charge in [0.05, 0.1) is 18.8 Å². The molecule has 6 nitrogen and oxygen atoms in total. The van der Waals surface area contributed by atoms with E-state index in [9.17, 15) is 0 Å². The third-order valence-electron chi connectivity index (χ3n) is 5.15. The highest BCUT2D eigenvalue weighted by atomic mass is 16.5. The molecular formula is C18H24N4O2. The van der Waals surface area contributed by atoms with Gasteiger partial charge in [0.25, 0.3) is 0 Å². The third kappa shape index (κ3) is 2.79. The lowest BCUT2D eigenvalue weighted by atomic mass is 10.1. The van der Waals surface area contributed by atoms with Crippen LogP contribution in [0.25, 0.3) is 0 Å². The highest BCUT2D eigenvalue weighted by molar-refractivity contribution is 5.41. The molecular weight excluding hydrogens is 304 g/mol. The van der Waals surface area contributed by atoms with Crippen LogP contribution in [0.2, 0.25) is 0 Å². The van der Waals surface area contributed by atoms with Gasteiger partial charge in [0.2, 0.25) is 5.89 Å². The Kier molecular flexibility index (Phi) is 4.00. The summed E-state index contributed by atoms with van der Waals surface area (Å²) in [7, 11) is 1.72. The Hall–Kier alpha value is -1.95. The molecule has 4 rings (SSSR count). The van der Waals surface area contributed by atoms with Gasteiger partial charge in [-0.2, -0.15) is 4.98 Å². The summed E-state index contributed by atoms with van der Waals surface area (Å²) in [5, 5.41) is 4.25. The molecule has 0 spiro atoms. The lowest BCUT2D eigenvalue weighted by molar-refractivity contribution is 0.230. The molecule has 1 atom stereocenters. The molecule has 0 amide bonds. The van der Waals surface area contributed by atoms with E-state index in [0.29, 0.717) is 5.92 Å². The Bertz CT molecular complexity index is 739. The number of aromatic nitrogens is 3. The van der Waals surface area contributed by atoms with E-state index >= 15 is 0 Å². The van der Waals surface area contributed by atoms with Crippen LogP contribution >= 0.6 is 0 Å². The summed E-state index contributed by atoms with van der Waals surface area (Å²) in [6, 6.07) is 0.231. The molecule has 6 heteroatoms. The fourth-order valence-corrected chi connectivity index (χ4v) is 3.61. The predicted octanol–water partition coefficient (Wildman–Crippen LogP) is 3.30. The monoisotopic (exact) mass is 328 g/mol. The lowest BCUT2D eigenvalue weighted by Crippen LogP contribution is -2.24. The molecule has 0 bridgehead atoms. The van der Waals surface area contributed by atoms with E-state index in [-0.39, 0.29) is 6.04 Å². The fraction of sp³-hybridized carbons (Fsp3) is 0.611. The number of methoxy groups -OCH3 is 1. The van der Waals surface area contributed by atoms with Gasteiger partial charge in [0, 0.05) is 29.8 Å². The van der Waals surface area contributed by atoms with Gasteiger partial charge in [-0.3, -0.25) is 9.88 Å². The minimum Gasteiger partial charge on any atom is -0.496 e. The maximum Gasteiger partial charge on any atom is 0.229 e. The zero-order chi connectivity index (χ0) is 16.7. The molecule has 2 aliphatic rings. The Morgan fingerprint density at radius 2 is 2.12 bits per heavy atom. The number of hydrogen-bond acceptors (Lipinski definition) is 6. The maximum atomic E-state index is 5.53. The number of ether oxygens (including phenoxy) is 1. The minimum atomic E-state index is 0.231. The van der Waals surface area contributed by atoms with Crippen LogP contribution in [-0.2, 0) is 6.54 Å². The van der Waals surface area contributed by atoms with Crippen molar-refractivity contribution in [1.29, 1.82) is 0 Å². The molecule has 0 N–H and O–H groups in total. The first kappa shape index (κ1) is 15.6. The summed E-state index contributed by atoms with van der Waals surface area (Å²) in [5.41, 5.74) is 3.26. The normalized spacial score (nSPS) is 21.4. The van der Waals surface area contributed by atoms with Crippen LogP contribution in [-0.4, -0.2) is 33.7 Å². The zero-order valence-corrected chi connectivity index (χ0v) is 14.6. The largest absolute Gasteiger partial charge is 0.496 e. The zero-order valence-electron chi connectivity index (χ0n) is 14.6.